The minimum atomic E-state index is -0.833. The highest BCUT2D eigenvalue weighted by Gasteiger charge is 2.68. The van der Waals surface area contributed by atoms with Gasteiger partial charge in [-0.25, -0.2) is 15.1 Å². The van der Waals surface area contributed by atoms with E-state index >= 15 is 0 Å². The Morgan fingerprint density at radius 2 is 1.93 bits per heavy atom. The van der Waals surface area contributed by atoms with Gasteiger partial charge in [0.15, 0.2) is 5.03 Å². The van der Waals surface area contributed by atoms with Gasteiger partial charge >= 0.3 is 7.12 Å². The maximum atomic E-state index is 13.8. The zero-order chi connectivity index (χ0) is 32.1. The molecule has 4 fully saturated rings. The summed E-state index contributed by atoms with van der Waals surface area (Å²) >= 11 is 1.47. The lowest BCUT2D eigenvalue weighted by Crippen LogP contribution is -2.65. The van der Waals surface area contributed by atoms with Crippen molar-refractivity contribution in [2.75, 3.05) is 12.3 Å². The van der Waals surface area contributed by atoms with Crippen molar-refractivity contribution in [2.24, 2.45) is 33.9 Å². The number of nitrogens with two attached hydrogens (primary N) is 1. The summed E-state index contributed by atoms with van der Waals surface area (Å²) in [4.78, 5) is 41.2. The average Bonchev–Trinajstić information content (AvgIpc) is 3.31. The number of nitrogens with zero attached hydrogens (tertiary/aromatic N) is 2. The summed E-state index contributed by atoms with van der Waals surface area (Å²) in [5.74, 6) is 0.859. The van der Waals surface area contributed by atoms with E-state index in [1.807, 2.05) is 30.3 Å². The van der Waals surface area contributed by atoms with Crippen molar-refractivity contribution in [1.29, 1.82) is 0 Å². The minimum absolute atomic E-state index is 0.0101. The molecule has 0 aromatic heterocycles. The van der Waals surface area contributed by atoms with E-state index in [1.165, 1.54) is 11.8 Å². The largest absolute Gasteiger partial charge is 0.481 e. The number of hydrogen-bond donors (Lipinski definition) is 4. The van der Waals surface area contributed by atoms with Crippen LogP contribution in [0, 0.1) is 33.3 Å². The standard InChI is InChI=1S/C30H47BN6O6S/c1-19(2)14-25(31-42-24-16-21-15-23(29(21,3)4)30(24,5)43-31)35-27(39)22(12-9-13-33-28(32)36-37(40)41)34-26(38)18-44-17-20-10-7-6-8-11-20/h6-8,10-11,19,21-25H,9,12-18H2,1-5H3,(H,34,38)(H,35,39)(H3,32,33,36)/t21-,22+,23-,24-,25+,30+/m1/s1. The molecule has 1 heterocycles. The molecule has 0 unspecified atom stereocenters. The van der Waals surface area contributed by atoms with Gasteiger partial charge in [0, 0.05) is 12.3 Å². The van der Waals surface area contributed by atoms with Crippen LogP contribution < -0.4 is 21.8 Å². The third kappa shape index (κ3) is 8.25. The van der Waals surface area contributed by atoms with E-state index in [-0.39, 0.29) is 53.9 Å². The Labute approximate surface area is 264 Å². The molecule has 4 aliphatic rings. The van der Waals surface area contributed by atoms with Crippen LogP contribution in [0.25, 0.3) is 0 Å². The van der Waals surface area contributed by atoms with Crippen LogP contribution in [0.3, 0.4) is 0 Å². The van der Waals surface area contributed by atoms with Gasteiger partial charge in [-0.15, -0.1) is 11.8 Å². The second-order valence-corrected chi connectivity index (χ2v) is 14.4. The fourth-order valence-electron chi connectivity index (χ4n) is 7.06. The third-order valence-corrected chi connectivity index (χ3v) is 10.5. The summed E-state index contributed by atoms with van der Waals surface area (Å²) in [7, 11) is -0.582. The molecule has 5 N–H and O–H groups in total. The van der Waals surface area contributed by atoms with Gasteiger partial charge in [-0.05, 0) is 67.8 Å². The maximum Gasteiger partial charge on any atom is 0.481 e. The number of hydrogen-bond acceptors (Lipinski definition) is 8. The van der Waals surface area contributed by atoms with Crippen LogP contribution in [0.2, 0.25) is 0 Å². The van der Waals surface area contributed by atoms with E-state index in [1.54, 1.807) is 5.43 Å². The highest BCUT2D eigenvalue weighted by Crippen LogP contribution is 2.65. The molecule has 242 valence electrons. The van der Waals surface area contributed by atoms with Crippen LogP contribution in [-0.2, 0) is 24.7 Å². The van der Waals surface area contributed by atoms with Crippen molar-refractivity contribution in [1.82, 2.24) is 16.1 Å². The lowest BCUT2D eigenvalue weighted by Gasteiger charge is -2.64. The number of nitrogens with one attached hydrogen (secondary N) is 3. The fourth-order valence-corrected chi connectivity index (χ4v) is 7.86. The van der Waals surface area contributed by atoms with Crippen LogP contribution in [0.15, 0.2) is 35.3 Å². The molecule has 0 spiro atoms. The van der Waals surface area contributed by atoms with Gasteiger partial charge in [-0.1, -0.05) is 63.5 Å². The van der Waals surface area contributed by atoms with Crippen molar-refractivity contribution >= 4 is 36.7 Å². The van der Waals surface area contributed by atoms with Gasteiger partial charge in [0.25, 0.3) is 5.96 Å². The van der Waals surface area contributed by atoms with Gasteiger partial charge in [-0.2, -0.15) is 0 Å². The van der Waals surface area contributed by atoms with Crippen molar-refractivity contribution < 1.29 is 23.9 Å². The van der Waals surface area contributed by atoms with Crippen molar-refractivity contribution in [3.63, 3.8) is 0 Å². The van der Waals surface area contributed by atoms with Crippen molar-refractivity contribution in [3.8, 4) is 0 Å². The Hall–Kier alpha value is -2.84. The second-order valence-electron chi connectivity index (χ2n) is 13.5. The highest BCUT2D eigenvalue weighted by molar-refractivity contribution is 7.99. The van der Waals surface area contributed by atoms with Gasteiger partial charge in [0.05, 0.1) is 23.4 Å². The molecule has 3 aliphatic carbocycles. The zero-order valence-corrected chi connectivity index (χ0v) is 27.2. The van der Waals surface area contributed by atoms with Crippen molar-refractivity contribution in [2.45, 2.75) is 96.2 Å². The number of hydrazine groups is 1. The normalized spacial score (nSPS) is 26.7. The number of guanidine groups is 1. The lowest BCUT2D eigenvalue weighted by atomic mass is 9.43. The highest BCUT2D eigenvalue weighted by atomic mass is 32.2. The molecular formula is C30H47BN6O6S. The van der Waals surface area contributed by atoms with Crippen molar-refractivity contribution in [3.05, 3.63) is 46.0 Å². The summed E-state index contributed by atoms with van der Waals surface area (Å²) in [6.07, 6.45) is 3.38. The Kier molecular flexibility index (Phi) is 11.2. The van der Waals surface area contributed by atoms with E-state index in [2.05, 4.69) is 50.2 Å². The Morgan fingerprint density at radius 3 is 2.59 bits per heavy atom. The number of carbonyl (C=O) groups excluding carboxylic acids is 2. The average molecular weight is 631 g/mol. The number of rotatable bonds is 15. The molecule has 5 rings (SSSR count). The first-order chi connectivity index (χ1) is 20.8. The van der Waals surface area contributed by atoms with E-state index in [4.69, 9.17) is 15.0 Å². The van der Waals surface area contributed by atoms with E-state index in [9.17, 15) is 19.7 Å². The van der Waals surface area contributed by atoms with Crippen LogP contribution in [-0.4, -0.2) is 65.9 Å². The van der Waals surface area contributed by atoms with Crippen LogP contribution in [0.1, 0.15) is 72.3 Å². The predicted molar refractivity (Wildman–Crippen MR) is 172 cm³/mol. The number of nitro groups is 1. The summed E-state index contributed by atoms with van der Waals surface area (Å²) in [6.45, 7) is 11.1. The Bertz CT molecular complexity index is 1210. The molecular weight excluding hydrogens is 583 g/mol. The number of thioether (sulfide) groups is 1. The molecule has 44 heavy (non-hydrogen) atoms. The molecule has 12 nitrogen and oxygen atoms in total. The minimum Gasteiger partial charge on any atom is -0.404 e. The van der Waals surface area contributed by atoms with Crippen LogP contribution in [0.4, 0.5) is 0 Å². The first-order valence-electron chi connectivity index (χ1n) is 15.5. The van der Waals surface area contributed by atoms with Gasteiger partial charge in [0.1, 0.15) is 6.04 Å². The summed E-state index contributed by atoms with van der Waals surface area (Å²) in [5.41, 5.74) is 8.24. The maximum absolute atomic E-state index is 13.8. The zero-order valence-electron chi connectivity index (χ0n) is 26.4. The first-order valence-corrected chi connectivity index (χ1v) is 16.7. The summed E-state index contributed by atoms with van der Waals surface area (Å²) < 4.78 is 13.2. The molecule has 3 saturated carbocycles. The van der Waals surface area contributed by atoms with Crippen LogP contribution >= 0.6 is 11.8 Å². The molecule has 14 heteroatoms. The third-order valence-electron chi connectivity index (χ3n) is 9.49. The van der Waals surface area contributed by atoms with Crippen LogP contribution in [0.5, 0.6) is 0 Å². The quantitative estimate of drug-likeness (QED) is 0.0568. The second kappa shape index (κ2) is 14.5. The Morgan fingerprint density at radius 1 is 1.20 bits per heavy atom. The molecule has 1 aromatic rings. The van der Waals surface area contributed by atoms with E-state index in [0.29, 0.717) is 30.4 Å². The molecule has 2 bridgehead atoms. The lowest BCUT2D eigenvalue weighted by molar-refractivity contribution is -0.525. The number of aliphatic imine (C=N–C) groups is 1. The molecule has 2 amide bonds. The van der Waals surface area contributed by atoms with Gasteiger partial charge < -0.3 is 25.7 Å². The monoisotopic (exact) mass is 630 g/mol. The molecule has 1 aromatic carbocycles. The van der Waals surface area contributed by atoms with Gasteiger partial charge in [0.2, 0.25) is 11.8 Å². The molecule has 0 radical (unpaired) electrons. The molecule has 1 aliphatic heterocycles. The van der Waals surface area contributed by atoms with Gasteiger partial charge in [-0.3, -0.25) is 9.59 Å². The predicted octanol–water partition coefficient (Wildman–Crippen LogP) is 3.08. The fraction of sp³-hybridized carbons (Fsp3) is 0.700. The number of amides is 2. The SMILES string of the molecule is CC(C)C[C@H](NC(=O)[C@H](CCCN=C(N)N[N+](=O)[O-])NC(=O)CSCc1ccccc1)B1O[C@@H]2C[C@H]3C[C@H](C3(C)C)[C@]2(C)O1. The number of benzene rings is 1. The molecule has 6 atom stereocenters. The smallest absolute Gasteiger partial charge is 0.404 e. The van der Waals surface area contributed by atoms with E-state index in [0.717, 1.165) is 18.4 Å². The topological polar surface area (TPSA) is 170 Å². The van der Waals surface area contributed by atoms with E-state index < -0.39 is 29.7 Å². The summed E-state index contributed by atoms with van der Waals surface area (Å²) in [6, 6.07) is 9.03. The first kappa shape index (κ1) is 34.0. The number of carbonyl (C=O) groups is 2. The Balaban J connectivity index is 1.40. The summed E-state index contributed by atoms with van der Waals surface area (Å²) in [5, 5.41) is 15.9. The molecule has 1 saturated heterocycles.